The molecule has 0 saturated carbocycles. The van der Waals surface area contributed by atoms with E-state index in [1.807, 2.05) is 0 Å². The molecule has 86 valence electrons. The Morgan fingerprint density at radius 2 is 1.43 bits per heavy atom. The van der Waals surface area contributed by atoms with E-state index in [9.17, 15) is 0 Å². The van der Waals surface area contributed by atoms with Crippen LogP contribution in [0.2, 0.25) is 0 Å². The molecule has 0 N–H and O–H groups in total. The van der Waals surface area contributed by atoms with Gasteiger partial charge >= 0.3 is 0 Å². The summed E-state index contributed by atoms with van der Waals surface area (Å²) in [5.41, 5.74) is 0. The van der Waals surface area contributed by atoms with E-state index in [1.54, 1.807) is 0 Å². The molecule has 0 aliphatic carbocycles. The van der Waals surface area contributed by atoms with Gasteiger partial charge in [-0.2, -0.15) is 0 Å². The Labute approximate surface area is 90.9 Å². The Balaban J connectivity index is 4.13. The van der Waals surface area contributed by atoms with Gasteiger partial charge in [0, 0.05) is 6.04 Å². The minimum absolute atomic E-state index is 0.728. The minimum Gasteiger partial charge on any atom is -0.301 e. The first-order chi connectivity index (χ1) is 6.58. The van der Waals surface area contributed by atoms with E-state index in [1.165, 1.54) is 25.9 Å². The fraction of sp³-hybridized carbons (Fsp3) is 1.00. The van der Waals surface area contributed by atoms with Crippen molar-refractivity contribution in [2.45, 2.75) is 60.4 Å². The molecule has 0 radical (unpaired) electrons. The Morgan fingerprint density at radius 3 is 1.79 bits per heavy atom. The van der Waals surface area contributed by atoms with Crippen molar-refractivity contribution in [3.05, 3.63) is 0 Å². The first kappa shape index (κ1) is 14.0. The normalized spacial score (nSPS) is 18.2. The van der Waals surface area contributed by atoms with E-state index >= 15 is 0 Å². The zero-order valence-electron chi connectivity index (χ0n) is 11.0. The van der Waals surface area contributed by atoms with Gasteiger partial charge in [-0.1, -0.05) is 47.5 Å². The minimum atomic E-state index is 0.728. The highest BCUT2D eigenvalue weighted by Gasteiger charge is 2.21. The fourth-order valence-corrected chi connectivity index (χ4v) is 2.33. The van der Waals surface area contributed by atoms with Crippen molar-refractivity contribution in [2.75, 3.05) is 13.1 Å². The lowest BCUT2D eigenvalue weighted by molar-refractivity contribution is 0.141. The second kappa shape index (κ2) is 7.28. The molecule has 1 heteroatoms. The highest BCUT2D eigenvalue weighted by molar-refractivity contribution is 4.75. The van der Waals surface area contributed by atoms with Crippen LogP contribution in [0.3, 0.4) is 0 Å². The van der Waals surface area contributed by atoms with Gasteiger partial charge in [0.15, 0.2) is 0 Å². The third-order valence-corrected chi connectivity index (χ3v) is 3.79. The molecule has 0 aromatic heterocycles. The molecule has 0 fully saturated rings. The fourth-order valence-electron chi connectivity index (χ4n) is 2.33. The molecule has 0 bridgehead atoms. The van der Waals surface area contributed by atoms with Gasteiger partial charge in [0.2, 0.25) is 0 Å². The van der Waals surface area contributed by atoms with Crippen LogP contribution < -0.4 is 0 Å². The van der Waals surface area contributed by atoms with Gasteiger partial charge in [0.05, 0.1) is 0 Å². The van der Waals surface area contributed by atoms with Crippen molar-refractivity contribution in [1.29, 1.82) is 0 Å². The molecule has 14 heavy (non-hydrogen) atoms. The summed E-state index contributed by atoms with van der Waals surface area (Å²) in [5.74, 6) is 1.67. The third kappa shape index (κ3) is 4.00. The molecule has 0 heterocycles. The predicted octanol–water partition coefficient (Wildman–Crippen LogP) is 3.79. The maximum Gasteiger partial charge on any atom is 0.00948 e. The van der Waals surface area contributed by atoms with Gasteiger partial charge in [0.1, 0.15) is 0 Å². The summed E-state index contributed by atoms with van der Waals surface area (Å²) < 4.78 is 0. The molecular formula is C13H29N. The van der Waals surface area contributed by atoms with Crippen LogP contribution in [0, 0.1) is 11.8 Å². The molecular weight excluding hydrogens is 170 g/mol. The summed E-state index contributed by atoms with van der Waals surface area (Å²) >= 11 is 0. The molecule has 0 saturated heterocycles. The van der Waals surface area contributed by atoms with Crippen LogP contribution in [0.25, 0.3) is 0 Å². The van der Waals surface area contributed by atoms with E-state index in [0.29, 0.717) is 0 Å². The van der Waals surface area contributed by atoms with Crippen molar-refractivity contribution in [3.8, 4) is 0 Å². The Morgan fingerprint density at radius 1 is 0.929 bits per heavy atom. The summed E-state index contributed by atoms with van der Waals surface area (Å²) in [6, 6.07) is 0.728. The molecule has 3 unspecified atom stereocenters. The van der Waals surface area contributed by atoms with Crippen LogP contribution in [-0.4, -0.2) is 24.0 Å². The zero-order valence-corrected chi connectivity index (χ0v) is 11.0. The van der Waals surface area contributed by atoms with Crippen molar-refractivity contribution < 1.29 is 0 Å². The van der Waals surface area contributed by atoms with E-state index in [0.717, 1.165) is 17.9 Å². The summed E-state index contributed by atoms with van der Waals surface area (Å²) in [5, 5.41) is 0. The molecule has 0 aliphatic rings. The van der Waals surface area contributed by atoms with Crippen LogP contribution in [0.1, 0.15) is 54.4 Å². The Hall–Kier alpha value is -0.0400. The van der Waals surface area contributed by atoms with Gasteiger partial charge in [-0.3, -0.25) is 0 Å². The zero-order chi connectivity index (χ0) is 11.1. The summed E-state index contributed by atoms with van der Waals surface area (Å²) in [4.78, 5) is 2.57. The van der Waals surface area contributed by atoms with E-state index in [-0.39, 0.29) is 0 Å². The van der Waals surface area contributed by atoms with Crippen molar-refractivity contribution in [1.82, 2.24) is 4.90 Å². The lowest BCUT2D eigenvalue weighted by Crippen LogP contribution is -2.39. The number of hydrogen-bond donors (Lipinski definition) is 0. The molecule has 0 rings (SSSR count). The van der Waals surface area contributed by atoms with Gasteiger partial charge in [-0.05, 0) is 31.8 Å². The smallest absolute Gasteiger partial charge is 0.00948 e. The molecule has 3 atom stereocenters. The first-order valence-corrected chi connectivity index (χ1v) is 6.32. The highest BCUT2D eigenvalue weighted by atomic mass is 15.1. The second-order valence-corrected chi connectivity index (χ2v) is 4.59. The molecule has 0 aromatic carbocycles. The molecule has 1 nitrogen and oxygen atoms in total. The van der Waals surface area contributed by atoms with Crippen molar-refractivity contribution >= 4 is 0 Å². The predicted molar refractivity (Wildman–Crippen MR) is 65.6 cm³/mol. The van der Waals surface area contributed by atoms with Gasteiger partial charge < -0.3 is 4.90 Å². The standard InChI is InChI=1S/C13H29N/c1-7-10-11(4)12(5)13(6)14(8-2)9-3/h11-13H,7-10H2,1-6H3. The van der Waals surface area contributed by atoms with E-state index in [4.69, 9.17) is 0 Å². The Kier molecular flexibility index (Phi) is 7.26. The van der Waals surface area contributed by atoms with E-state index < -0.39 is 0 Å². The van der Waals surface area contributed by atoms with Crippen LogP contribution in [0.15, 0.2) is 0 Å². The Bertz CT molecular complexity index is 129. The maximum absolute atomic E-state index is 2.57. The second-order valence-electron chi connectivity index (χ2n) is 4.59. The maximum atomic E-state index is 2.57. The van der Waals surface area contributed by atoms with Gasteiger partial charge in [0.25, 0.3) is 0 Å². The van der Waals surface area contributed by atoms with Crippen LogP contribution in [0.4, 0.5) is 0 Å². The quantitative estimate of drug-likeness (QED) is 0.603. The average Bonchev–Trinajstić information content (AvgIpc) is 2.18. The van der Waals surface area contributed by atoms with Crippen LogP contribution in [-0.2, 0) is 0 Å². The number of nitrogens with zero attached hydrogens (tertiary/aromatic N) is 1. The van der Waals surface area contributed by atoms with E-state index in [2.05, 4.69) is 46.4 Å². The number of rotatable bonds is 7. The monoisotopic (exact) mass is 199 g/mol. The highest BCUT2D eigenvalue weighted by Crippen LogP contribution is 2.23. The summed E-state index contributed by atoms with van der Waals surface area (Å²) in [6.45, 7) is 16.3. The van der Waals surface area contributed by atoms with Gasteiger partial charge in [-0.25, -0.2) is 0 Å². The van der Waals surface area contributed by atoms with Crippen LogP contribution >= 0.6 is 0 Å². The molecule has 0 aromatic rings. The topological polar surface area (TPSA) is 3.24 Å². The first-order valence-electron chi connectivity index (χ1n) is 6.32. The SMILES string of the molecule is CCCC(C)C(C)C(C)N(CC)CC. The summed E-state index contributed by atoms with van der Waals surface area (Å²) in [6.07, 6.45) is 2.68. The lowest BCUT2D eigenvalue weighted by atomic mass is 9.86. The van der Waals surface area contributed by atoms with Crippen molar-refractivity contribution in [3.63, 3.8) is 0 Å². The molecule has 0 amide bonds. The lowest BCUT2D eigenvalue weighted by Gasteiger charge is -2.34. The molecule has 0 spiro atoms. The van der Waals surface area contributed by atoms with Gasteiger partial charge in [-0.15, -0.1) is 0 Å². The largest absolute Gasteiger partial charge is 0.301 e. The number of hydrogen-bond acceptors (Lipinski definition) is 1. The summed E-state index contributed by atoms with van der Waals surface area (Å²) in [7, 11) is 0. The average molecular weight is 199 g/mol. The third-order valence-electron chi connectivity index (χ3n) is 3.79. The molecule has 0 aliphatic heterocycles. The van der Waals surface area contributed by atoms with Crippen molar-refractivity contribution in [2.24, 2.45) is 11.8 Å². The van der Waals surface area contributed by atoms with Crippen LogP contribution in [0.5, 0.6) is 0 Å².